The maximum atomic E-state index is 13.7. The number of halogens is 1. The maximum absolute atomic E-state index is 13.7. The lowest BCUT2D eigenvalue weighted by molar-refractivity contribution is -0.138. The molecular weight excluding hydrogens is 299 g/mol. The first kappa shape index (κ1) is 15.7. The highest BCUT2D eigenvalue weighted by Gasteiger charge is 2.21. The zero-order valence-electron chi connectivity index (χ0n) is 13.0. The van der Waals surface area contributed by atoms with Crippen LogP contribution >= 0.6 is 0 Å². The van der Waals surface area contributed by atoms with Crippen LogP contribution in [0, 0.1) is 5.82 Å². The van der Waals surface area contributed by atoms with Crippen molar-refractivity contribution >= 4 is 5.91 Å². The quantitative estimate of drug-likeness (QED) is 0.869. The highest BCUT2D eigenvalue weighted by atomic mass is 19.1. The van der Waals surface area contributed by atoms with Gasteiger partial charge in [0.2, 0.25) is 5.91 Å². The van der Waals surface area contributed by atoms with E-state index in [-0.39, 0.29) is 17.8 Å². The maximum Gasteiger partial charge on any atom is 0.223 e. The van der Waals surface area contributed by atoms with Crippen molar-refractivity contribution in [3.05, 3.63) is 42.2 Å². The molecule has 0 aliphatic carbocycles. The van der Waals surface area contributed by atoms with E-state index in [9.17, 15) is 9.18 Å². The van der Waals surface area contributed by atoms with Gasteiger partial charge in [0.15, 0.2) is 11.7 Å². The second-order valence-corrected chi connectivity index (χ2v) is 5.62. The average molecular weight is 318 g/mol. The molecule has 1 aromatic carbocycles. The number of ether oxygens (including phenoxy) is 1. The predicted octanol–water partition coefficient (Wildman–Crippen LogP) is 2.66. The molecule has 0 saturated carbocycles. The Labute approximate surface area is 134 Å². The summed E-state index contributed by atoms with van der Waals surface area (Å²) in [6.45, 7) is 3.76. The highest BCUT2D eigenvalue weighted by Crippen LogP contribution is 2.23. The van der Waals surface area contributed by atoms with E-state index in [0.29, 0.717) is 49.8 Å². The summed E-state index contributed by atoms with van der Waals surface area (Å²) in [5.74, 6) is 0.530. The summed E-state index contributed by atoms with van der Waals surface area (Å²) in [4.78, 5) is 18.1. The minimum atomic E-state index is -0.353. The fourth-order valence-corrected chi connectivity index (χ4v) is 2.63. The molecule has 1 unspecified atom stereocenters. The third-order valence-electron chi connectivity index (χ3n) is 3.84. The molecule has 1 aliphatic rings. The molecule has 1 fully saturated rings. The molecule has 0 N–H and O–H groups in total. The Kier molecular flexibility index (Phi) is 4.71. The minimum Gasteiger partial charge on any atom is -0.441 e. The summed E-state index contributed by atoms with van der Waals surface area (Å²) < 4.78 is 24.7. The lowest BCUT2D eigenvalue weighted by Gasteiger charge is -2.31. The van der Waals surface area contributed by atoms with Gasteiger partial charge in [0.05, 0.1) is 24.5 Å². The molecule has 1 aromatic heterocycles. The van der Waals surface area contributed by atoms with Gasteiger partial charge in [0.25, 0.3) is 0 Å². The fourth-order valence-electron chi connectivity index (χ4n) is 2.63. The van der Waals surface area contributed by atoms with E-state index in [0.717, 1.165) is 0 Å². The second kappa shape index (κ2) is 6.91. The van der Waals surface area contributed by atoms with Crippen molar-refractivity contribution in [2.75, 3.05) is 19.7 Å². The van der Waals surface area contributed by atoms with E-state index < -0.39 is 0 Å². The van der Waals surface area contributed by atoms with Crippen LogP contribution in [0.5, 0.6) is 0 Å². The number of benzene rings is 1. The SMILES string of the molecule is CC1CN(C(=O)CCc2ncc(-c3ccccc3F)o2)CCO1. The van der Waals surface area contributed by atoms with E-state index in [1.807, 2.05) is 6.92 Å². The Hall–Kier alpha value is -2.21. The molecule has 1 aliphatic heterocycles. The van der Waals surface area contributed by atoms with Crippen LogP contribution < -0.4 is 0 Å². The molecule has 2 aromatic rings. The molecule has 1 amide bonds. The number of morpholine rings is 1. The zero-order chi connectivity index (χ0) is 16.2. The Bertz CT molecular complexity index is 686. The van der Waals surface area contributed by atoms with Crippen molar-refractivity contribution in [3.8, 4) is 11.3 Å². The van der Waals surface area contributed by atoms with Crippen LogP contribution in [-0.2, 0) is 16.0 Å². The Morgan fingerprint density at radius 3 is 3.04 bits per heavy atom. The summed E-state index contributed by atoms with van der Waals surface area (Å²) in [7, 11) is 0. The van der Waals surface area contributed by atoms with Crippen molar-refractivity contribution in [2.24, 2.45) is 0 Å². The van der Waals surface area contributed by atoms with E-state index in [2.05, 4.69) is 4.98 Å². The smallest absolute Gasteiger partial charge is 0.223 e. The van der Waals surface area contributed by atoms with Crippen LogP contribution in [0.25, 0.3) is 11.3 Å². The first-order valence-electron chi connectivity index (χ1n) is 7.72. The van der Waals surface area contributed by atoms with Crippen molar-refractivity contribution in [3.63, 3.8) is 0 Å². The molecule has 1 atom stereocenters. The van der Waals surface area contributed by atoms with Crippen LogP contribution in [0.2, 0.25) is 0 Å². The topological polar surface area (TPSA) is 55.6 Å². The molecule has 5 nitrogen and oxygen atoms in total. The first-order valence-corrected chi connectivity index (χ1v) is 7.72. The van der Waals surface area contributed by atoms with Crippen LogP contribution in [0.4, 0.5) is 4.39 Å². The summed E-state index contributed by atoms with van der Waals surface area (Å²) in [6, 6.07) is 6.38. The van der Waals surface area contributed by atoms with Gasteiger partial charge < -0.3 is 14.1 Å². The molecule has 0 spiro atoms. The molecule has 122 valence electrons. The summed E-state index contributed by atoms with van der Waals surface area (Å²) in [6.07, 6.45) is 2.29. The van der Waals surface area contributed by atoms with Crippen molar-refractivity contribution in [1.82, 2.24) is 9.88 Å². The third kappa shape index (κ3) is 3.76. The molecule has 6 heteroatoms. The van der Waals surface area contributed by atoms with E-state index in [4.69, 9.17) is 9.15 Å². The highest BCUT2D eigenvalue weighted by molar-refractivity contribution is 5.76. The van der Waals surface area contributed by atoms with Gasteiger partial charge in [0.1, 0.15) is 5.82 Å². The fraction of sp³-hybridized carbons (Fsp3) is 0.412. The molecule has 0 bridgehead atoms. The Morgan fingerprint density at radius 2 is 2.26 bits per heavy atom. The minimum absolute atomic E-state index is 0.0609. The van der Waals surface area contributed by atoms with Gasteiger partial charge in [0, 0.05) is 25.9 Å². The monoisotopic (exact) mass is 318 g/mol. The Morgan fingerprint density at radius 1 is 1.43 bits per heavy atom. The van der Waals surface area contributed by atoms with Crippen LogP contribution in [0.3, 0.4) is 0 Å². The number of hydrogen-bond donors (Lipinski definition) is 0. The lowest BCUT2D eigenvalue weighted by atomic mass is 10.2. The molecule has 23 heavy (non-hydrogen) atoms. The van der Waals surface area contributed by atoms with Crippen LogP contribution in [-0.4, -0.2) is 41.6 Å². The normalized spacial score (nSPS) is 18.2. The number of aromatic nitrogens is 1. The lowest BCUT2D eigenvalue weighted by Crippen LogP contribution is -2.44. The molecule has 3 rings (SSSR count). The van der Waals surface area contributed by atoms with Crippen molar-refractivity contribution < 1.29 is 18.3 Å². The molecular formula is C17H19FN2O3. The zero-order valence-corrected chi connectivity index (χ0v) is 13.0. The van der Waals surface area contributed by atoms with Gasteiger partial charge in [-0.05, 0) is 19.1 Å². The largest absolute Gasteiger partial charge is 0.441 e. The summed E-state index contributed by atoms with van der Waals surface area (Å²) in [5.41, 5.74) is 0.375. The van der Waals surface area contributed by atoms with Gasteiger partial charge in [-0.2, -0.15) is 0 Å². The number of oxazole rings is 1. The second-order valence-electron chi connectivity index (χ2n) is 5.62. The van der Waals surface area contributed by atoms with Gasteiger partial charge in [-0.1, -0.05) is 12.1 Å². The molecule has 1 saturated heterocycles. The van der Waals surface area contributed by atoms with E-state index in [1.54, 1.807) is 23.1 Å². The average Bonchev–Trinajstić information content (AvgIpc) is 3.02. The van der Waals surface area contributed by atoms with Crippen LogP contribution in [0.15, 0.2) is 34.9 Å². The van der Waals surface area contributed by atoms with Gasteiger partial charge >= 0.3 is 0 Å². The standard InChI is InChI=1S/C17H19FN2O3/c1-12-11-20(8-9-22-12)17(21)7-6-16-19-10-15(23-16)13-4-2-3-5-14(13)18/h2-5,10,12H,6-9,11H2,1H3. The van der Waals surface area contributed by atoms with Gasteiger partial charge in [-0.25, -0.2) is 9.37 Å². The summed E-state index contributed by atoms with van der Waals surface area (Å²) in [5, 5.41) is 0. The van der Waals surface area contributed by atoms with E-state index in [1.165, 1.54) is 12.3 Å². The molecule has 2 heterocycles. The Balaban J connectivity index is 1.59. The predicted molar refractivity (Wildman–Crippen MR) is 82.2 cm³/mol. The number of rotatable bonds is 4. The third-order valence-corrected chi connectivity index (χ3v) is 3.84. The van der Waals surface area contributed by atoms with Crippen molar-refractivity contribution in [2.45, 2.75) is 25.9 Å². The van der Waals surface area contributed by atoms with Gasteiger partial charge in [-0.3, -0.25) is 4.79 Å². The number of aryl methyl sites for hydroxylation is 1. The first-order chi connectivity index (χ1) is 11.1. The van der Waals surface area contributed by atoms with Crippen LogP contribution in [0.1, 0.15) is 19.2 Å². The summed E-state index contributed by atoms with van der Waals surface area (Å²) >= 11 is 0. The number of carbonyl (C=O) groups is 1. The van der Waals surface area contributed by atoms with Gasteiger partial charge in [-0.15, -0.1) is 0 Å². The number of nitrogens with zero attached hydrogens (tertiary/aromatic N) is 2. The number of hydrogen-bond acceptors (Lipinski definition) is 4. The van der Waals surface area contributed by atoms with Crippen molar-refractivity contribution in [1.29, 1.82) is 0 Å². The molecule has 0 radical (unpaired) electrons. The number of carbonyl (C=O) groups excluding carboxylic acids is 1. The van der Waals surface area contributed by atoms with E-state index >= 15 is 0 Å². The number of amides is 1.